The van der Waals surface area contributed by atoms with Gasteiger partial charge in [-0.15, -0.1) is 0 Å². The normalized spacial score (nSPS) is 13.4. The minimum atomic E-state index is -0.749. The van der Waals surface area contributed by atoms with Crippen molar-refractivity contribution < 1.29 is 14.6 Å². The molecule has 0 saturated heterocycles. The molecule has 2 atom stereocenters. The fourth-order valence-corrected chi connectivity index (χ4v) is 2.72. The van der Waals surface area contributed by atoms with Gasteiger partial charge in [0.1, 0.15) is 5.75 Å². The number of aliphatic hydroxyl groups excluding tert-OH is 1. The molecule has 0 aliphatic carbocycles. The van der Waals surface area contributed by atoms with Crippen molar-refractivity contribution in [1.29, 1.82) is 0 Å². The summed E-state index contributed by atoms with van der Waals surface area (Å²) in [6.07, 6.45) is -1.41. The zero-order valence-corrected chi connectivity index (χ0v) is 16.3. The zero-order chi connectivity index (χ0) is 18.4. The molecular weight excluding hydrogens is 382 g/mol. The van der Waals surface area contributed by atoms with Gasteiger partial charge in [0, 0.05) is 6.54 Å². The summed E-state index contributed by atoms with van der Waals surface area (Å²) >= 11 is 3.39. The van der Waals surface area contributed by atoms with Gasteiger partial charge in [0.2, 0.25) is 0 Å². The van der Waals surface area contributed by atoms with E-state index in [2.05, 4.69) is 35.1 Å². The third kappa shape index (κ3) is 5.58. The largest absolute Gasteiger partial charge is 0.480 e. The molecule has 0 bridgehead atoms. The van der Waals surface area contributed by atoms with Crippen LogP contribution in [0.25, 0.3) is 0 Å². The molecule has 2 rings (SSSR count). The van der Waals surface area contributed by atoms with Crippen LogP contribution in [0.15, 0.2) is 53.0 Å². The Morgan fingerprint density at radius 1 is 1.08 bits per heavy atom. The Balaban J connectivity index is 1.87. The Morgan fingerprint density at radius 2 is 1.68 bits per heavy atom. The fraction of sp³-hybridized carbons (Fsp3) is 0.350. The number of carbonyl (C=O) groups is 1. The summed E-state index contributed by atoms with van der Waals surface area (Å²) in [5, 5.41) is 13.0. The average molecular weight is 406 g/mol. The number of nitrogens with one attached hydrogen (secondary N) is 1. The number of rotatable bonds is 7. The molecule has 0 fully saturated rings. The highest BCUT2D eigenvalue weighted by Crippen LogP contribution is 2.25. The van der Waals surface area contributed by atoms with Crippen LogP contribution in [-0.4, -0.2) is 23.7 Å². The first-order valence-electron chi connectivity index (χ1n) is 8.35. The van der Waals surface area contributed by atoms with Crippen molar-refractivity contribution in [2.24, 2.45) is 0 Å². The Kier molecular flexibility index (Phi) is 7.02. The van der Waals surface area contributed by atoms with Gasteiger partial charge in [0.15, 0.2) is 6.10 Å². The van der Waals surface area contributed by atoms with Crippen LogP contribution in [0.1, 0.15) is 43.9 Å². The third-order valence-electron chi connectivity index (χ3n) is 3.97. The fourth-order valence-electron chi connectivity index (χ4n) is 2.35. The van der Waals surface area contributed by atoms with Crippen LogP contribution in [0.3, 0.4) is 0 Å². The number of para-hydroxylation sites is 1. The van der Waals surface area contributed by atoms with Gasteiger partial charge in [0.25, 0.3) is 5.91 Å². The molecule has 2 aromatic carbocycles. The number of aliphatic hydroxyl groups is 1. The van der Waals surface area contributed by atoms with Crippen LogP contribution in [0, 0.1) is 0 Å². The van der Waals surface area contributed by atoms with Crippen molar-refractivity contribution in [3.8, 4) is 5.75 Å². The van der Waals surface area contributed by atoms with Gasteiger partial charge in [-0.3, -0.25) is 4.79 Å². The van der Waals surface area contributed by atoms with Crippen molar-refractivity contribution in [2.45, 2.75) is 38.9 Å². The predicted molar refractivity (Wildman–Crippen MR) is 103 cm³/mol. The molecule has 2 N–H and O–H groups in total. The Bertz CT molecular complexity index is 700. The number of ether oxygens (including phenoxy) is 1. The van der Waals surface area contributed by atoms with E-state index in [4.69, 9.17) is 4.74 Å². The van der Waals surface area contributed by atoms with E-state index in [1.54, 1.807) is 13.0 Å². The lowest BCUT2D eigenvalue weighted by Crippen LogP contribution is -2.38. The lowest BCUT2D eigenvalue weighted by Gasteiger charge is -2.18. The molecule has 2 unspecified atom stereocenters. The predicted octanol–water partition coefficient (Wildman–Crippen LogP) is 4.19. The molecule has 0 aliphatic heterocycles. The molecule has 0 saturated carbocycles. The van der Waals surface area contributed by atoms with Crippen molar-refractivity contribution >= 4 is 21.8 Å². The number of benzene rings is 2. The van der Waals surface area contributed by atoms with Gasteiger partial charge in [-0.25, -0.2) is 0 Å². The second-order valence-electron chi connectivity index (χ2n) is 6.27. The maximum atomic E-state index is 12.2. The van der Waals surface area contributed by atoms with E-state index in [9.17, 15) is 9.90 Å². The summed E-state index contributed by atoms with van der Waals surface area (Å²) in [5.74, 6) is 0.782. The summed E-state index contributed by atoms with van der Waals surface area (Å²) < 4.78 is 6.44. The number of hydrogen-bond donors (Lipinski definition) is 2. The standard InChI is InChI=1S/C20H24BrNO3/c1-13(2)15-8-10-16(11-9-15)18(23)12-22-20(24)14(3)25-19-7-5-4-6-17(19)21/h4-11,13-14,18,23H,12H2,1-3H3,(H,22,24). The summed E-state index contributed by atoms with van der Waals surface area (Å²) in [6.45, 7) is 6.07. The lowest BCUT2D eigenvalue weighted by atomic mass is 10.00. The molecule has 25 heavy (non-hydrogen) atoms. The van der Waals surface area contributed by atoms with Gasteiger partial charge in [-0.05, 0) is 52.0 Å². The van der Waals surface area contributed by atoms with E-state index in [0.717, 1.165) is 10.0 Å². The van der Waals surface area contributed by atoms with E-state index in [1.807, 2.05) is 42.5 Å². The van der Waals surface area contributed by atoms with E-state index in [1.165, 1.54) is 5.56 Å². The van der Waals surface area contributed by atoms with E-state index in [-0.39, 0.29) is 12.5 Å². The SMILES string of the molecule is CC(Oc1ccccc1Br)C(=O)NCC(O)c1ccc(C(C)C)cc1. The van der Waals surface area contributed by atoms with E-state index >= 15 is 0 Å². The lowest BCUT2D eigenvalue weighted by molar-refractivity contribution is -0.127. The minimum Gasteiger partial charge on any atom is -0.480 e. The molecule has 1 amide bonds. The zero-order valence-electron chi connectivity index (χ0n) is 14.7. The van der Waals surface area contributed by atoms with Crippen LogP contribution in [-0.2, 0) is 4.79 Å². The van der Waals surface area contributed by atoms with Gasteiger partial charge >= 0.3 is 0 Å². The first-order chi connectivity index (χ1) is 11.9. The molecule has 0 aromatic heterocycles. The number of halogens is 1. The first-order valence-corrected chi connectivity index (χ1v) is 9.14. The first kappa shape index (κ1) is 19.5. The second-order valence-corrected chi connectivity index (χ2v) is 7.13. The van der Waals surface area contributed by atoms with Crippen molar-refractivity contribution in [3.63, 3.8) is 0 Å². The highest BCUT2D eigenvalue weighted by molar-refractivity contribution is 9.10. The molecule has 0 heterocycles. The second kappa shape index (κ2) is 9.02. The molecule has 2 aromatic rings. The minimum absolute atomic E-state index is 0.142. The quantitative estimate of drug-likeness (QED) is 0.725. The maximum absolute atomic E-state index is 12.2. The Hall–Kier alpha value is -1.85. The van der Waals surface area contributed by atoms with Crippen LogP contribution in [0.2, 0.25) is 0 Å². The highest BCUT2D eigenvalue weighted by Gasteiger charge is 2.17. The maximum Gasteiger partial charge on any atom is 0.260 e. The Labute approximate surface area is 157 Å². The smallest absolute Gasteiger partial charge is 0.260 e. The van der Waals surface area contributed by atoms with Crippen LogP contribution in [0.5, 0.6) is 5.75 Å². The number of hydrogen-bond acceptors (Lipinski definition) is 3. The molecule has 134 valence electrons. The van der Waals surface area contributed by atoms with Crippen LogP contribution in [0.4, 0.5) is 0 Å². The summed E-state index contributed by atoms with van der Waals surface area (Å²) in [6, 6.07) is 15.2. The van der Waals surface area contributed by atoms with E-state index < -0.39 is 12.2 Å². The molecule has 0 radical (unpaired) electrons. The van der Waals surface area contributed by atoms with Gasteiger partial charge < -0.3 is 15.2 Å². The van der Waals surface area contributed by atoms with Crippen molar-refractivity contribution in [2.75, 3.05) is 6.54 Å². The van der Waals surface area contributed by atoms with Crippen molar-refractivity contribution in [1.82, 2.24) is 5.32 Å². The topological polar surface area (TPSA) is 58.6 Å². The Morgan fingerprint density at radius 3 is 2.28 bits per heavy atom. The third-order valence-corrected chi connectivity index (χ3v) is 4.62. The van der Waals surface area contributed by atoms with Gasteiger partial charge in [-0.2, -0.15) is 0 Å². The summed E-state index contributed by atoms with van der Waals surface area (Å²) in [5.41, 5.74) is 2.00. The molecular formula is C20H24BrNO3. The number of amides is 1. The van der Waals surface area contributed by atoms with Crippen molar-refractivity contribution in [3.05, 3.63) is 64.1 Å². The summed E-state index contributed by atoms with van der Waals surface area (Å²) in [4.78, 5) is 12.2. The summed E-state index contributed by atoms with van der Waals surface area (Å²) in [7, 11) is 0. The van der Waals surface area contributed by atoms with Gasteiger partial charge in [-0.1, -0.05) is 50.2 Å². The van der Waals surface area contributed by atoms with Crippen LogP contribution >= 0.6 is 15.9 Å². The molecule has 4 nitrogen and oxygen atoms in total. The number of carbonyl (C=O) groups excluding carboxylic acids is 1. The van der Waals surface area contributed by atoms with E-state index in [0.29, 0.717) is 11.7 Å². The highest BCUT2D eigenvalue weighted by atomic mass is 79.9. The monoisotopic (exact) mass is 405 g/mol. The van der Waals surface area contributed by atoms with Crippen LogP contribution < -0.4 is 10.1 Å². The molecule has 0 spiro atoms. The van der Waals surface area contributed by atoms with Gasteiger partial charge in [0.05, 0.1) is 10.6 Å². The molecule has 5 heteroatoms. The average Bonchev–Trinajstić information content (AvgIpc) is 2.61. The molecule has 0 aliphatic rings.